The van der Waals surface area contributed by atoms with Crippen LogP contribution >= 0.6 is 0 Å². The number of carbonyl (C=O) groups excluding carboxylic acids is 1. The molecule has 3 atom stereocenters. The molecule has 24 heavy (non-hydrogen) atoms. The number of benzene rings is 1. The molecule has 1 heterocycles. The molecule has 132 valence electrons. The van der Waals surface area contributed by atoms with Crippen LogP contribution in [0.2, 0.25) is 0 Å². The van der Waals surface area contributed by atoms with E-state index < -0.39 is 66.1 Å². The summed E-state index contributed by atoms with van der Waals surface area (Å²) in [6, 6.07) is -1.86. The molecule has 4 nitrogen and oxygen atoms in total. The number of amides is 1. The zero-order valence-electron chi connectivity index (χ0n) is 12.3. The highest BCUT2D eigenvalue weighted by Crippen LogP contribution is 2.38. The fraction of sp³-hybridized carbons (Fsp3) is 0.500. The van der Waals surface area contributed by atoms with Crippen LogP contribution in [0.1, 0.15) is 24.8 Å². The van der Waals surface area contributed by atoms with Crippen molar-refractivity contribution in [3.63, 3.8) is 0 Å². The molecule has 0 aromatic heterocycles. The maximum Gasteiger partial charge on any atom is 0.406 e. The Balaban J connectivity index is 2.49. The smallest absolute Gasteiger partial charge is 0.328 e. The SMILES string of the molecule is C[C@@H]1[C@H](c2c(F)ccc(F)c2F)C[C@H](N=O)C(=O)N1CC(F)(F)F. The molecule has 0 N–H and O–H groups in total. The van der Waals surface area contributed by atoms with E-state index >= 15 is 0 Å². The van der Waals surface area contributed by atoms with Gasteiger partial charge in [-0.3, -0.25) is 4.79 Å². The monoisotopic (exact) mass is 354 g/mol. The minimum absolute atomic E-state index is 0.296. The van der Waals surface area contributed by atoms with E-state index in [4.69, 9.17) is 0 Å². The summed E-state index contributed by atoms with van der Waals surface area (Å²) < 4.78 is 79.3. The van der Waals surface area contributed by atoms with Crippen molar-refractivity contribution in [3.05, 3.63) is 40.1 Å². The first-order valence-corrected chi connectivity index (χ1v) is 6.90. The Kier molecular flexibility index (Phi) is 4.86. The van der Waals surface area contributed by atoms with E-state index in [-0.39, 0.29) is 0 Å². The summed E-state index contributed by atoms with van der Waals surface area (Å²) in [6.45, 7) is -0.548. The summed E-state index contributed by atoms with van der Waals surface area (Å²) in [4.78, 5) is 23.0. The first-order valence-electron chi connectivity index (χ1n) is 6.90. The first-order chi connectivity index (χ1) is 11.1. The van der Waals surface area contributed by atoms with Gasteiger partial charge in [-0.15, -0.1) is 4.91 Å². The Morgan fingerprint density at radius 2 is 1.79 bits per heavy atom. The summed E-state index contributed by atoms with van der Waals surface area (Å²) in [6.07, 6.45) is -5.28. The van der Waals surface area contributed by atoms with Crippen molar-refractivity contribution in [2.75, 3.05) is 6.54 Å². The number of alkyl halides is 3. The van der Waals surface area contributed by atoms with E-state index in [1.165, 1.54) is 0 Å². The standard InChI is InChI=1S/C14H12F6N2O2/c1-6-7(11-8(15)2-3-9(16)12(11)17)4-10(21-24)13(23)22(6)5-14(18,19)20/h2-3,6-7,10H,4-5H2,1H3/t6-,7-,10+/m1/s1. The van der Waals surface area contributed by atoms with Gasteiger partial charge in [-0.25, -0.2) is 13.2 Å². The molecule has 0 radical (unpaired) electrons. The molecule has 0 bridgehead atoms. The Hall–Kier alpha value is -2.13. The molecule has 1 aliphatic rings. The highest BCUT2D eigenvalue weighted by molar-refractivity contribution is 5.83. The molecule has 1 aromatic carbocycles. The zero-order chi connectivity index (χ0) is 18.2. The highest BCUT2D eigenvalue weighted by atomic mass is 19.4. The van der Waals surface area contributed by atoms with Gasteiger partial charge in [-0.2, -0.15) is 13.2 Å². The van der Waals surface area contributed by atoms with Gasteiger partial charge < -0.3 is 4.90 Å². The molecule has 1 saturated heterocycles. The number of nitroso groups, excluding NO2 is 1. The van der Waals surface area contributed by atoms with Crippen LogP contribution in [0.25, 0.3) is 0 Å². The van der Waals surface area contributed by atoms with Crippen molar-refractivity contribution in [1.29, 1.82) is 0 Å². The lowest BCUT2D eigenvalue weighted by molar-refractivity contribution is -0.170. The maximum absolute atomic E-state index is 14.0. The molecule has 1 fully saturated rings. The molecule has 0 unspecified atom stereocenters. The fourth-order valence-electron chi connectivity index (χ4n) is 2.89. The third-order valence-electron chi connectivity index (χ3n) is 4.05. The van der Waals surface area contributed by atoms with Crippen molar-refractivity contribution in [2.24, 2.45) is 5.18 Å². The lowest BCUT2D eigenvalue weighted by Gasteiger charge is -2.41. The predicted octanol–water partition coefficient (Wildman–Crippen LogP) is 3.51. The summed E-state index contributed by atoms with van der Waals surface area (Å²) in [7, 11) is 0. The first kappa shape index (κ1) is 18.2. The molecular weight excluding hydrogens is 342 g/mol. The van der Waals surface area contributed by atoms with E-state index in [0.717, 1.165) is 6.92 Å². The van der Waals surface area contributed by atoms with E-state index in [1.54, 1.807) is 0 Å². The minimum atomic E-state index is -4.78. The Labute approximate surface area is 132 Å². The van der Waals surface area contributed by atoms with Gasteiger partial charge in [-0.1, -0.05) is 5.18 Å². The van der Waals surface area contributed by atoms with Crippen LogP contribution in [0, 0.1) is 22.4 Å². The number of carbonyl (C=O) groups is 1. The van der Waals surface area contributed by atoms with E-state index in [0.29, 0.717) is 17.0 Å². The van der Waals surface area contributed by atoms with E-state index in [1.807, 2.05) is 0 Å². The van der Waals surface area contributed by atoms with Crippen LogP contribution in [0.4, 0.5) is 26.3 Å². The average Bonchev–Trinajstić information content (AvgIpc) is 2.49. The van der Waals surface area contributed by atoms with E-state index in [2.05, 4.69) is 5.18 Å². The lowest BCUT2D eigenvalue weighted by atomic mass is 9.81. The zero-order valence-corrected chi connectivity index (χ0v) is 12.3. The number of likely N-dealkylation sites (tertiary alicyclic amines) is 1. The highest BCUT2D eigenvalue weighted by Gasteiger charge is 2.46. The molecule has 10 heteroatoms. The van der Waals surface area contributed by atoms with E-state index in [9.17, 15) is 36.0 Å². The molecule has 0 spiro atoms. The van der Waals surface area contributed by atoms with Crippen LogP contribution in [0.3, 0.4) is 0 Å². The predicted molar refractivity (Wildman–Crippen MR) is 70.5 cm³/mol. The van der Waals surface area contributed by atoms with Crippen molar-refractivity contribution in [2.45, 2.75) is 37.5 Å². The number of hydrogen-bond donors (Lipinski definition) is 0. The number of halogens is 6. The number of rotatable bonds is 3. The van der Waals surface area contributed by atoms with Crippen LogP contribution < -0.4 is 0 Å². The Morgan fingerprint density at radius 3 is 2.33 bits per heavy atom. The normalized spacial score (nSPS) is 25.0. The van der Waals surface area contributed by atoms with Gasteiger partial charge in [0.1, 0.15) is 12.4 Å². The van der Waals surface area contributed by atoms with Gasteiger partial charge in [0.25, 0.3) is 5.91 Å². The third-order valence-corrected chi connectivity index (χ3v) is 4.05. The molecular formula is C14H12F6N2O2. The van der Waals surface area contributed by atoms with Gasteiger partial charge in [0.05, 0.1) is 0 Å². The summed E-state index contributed by atoms with van der Waals surface area (Å²) >= 11 is 0. The van der Waals surface area contributed by atoms with Gasteiger partial charge >= 0.3 is 6.18 Å². The van der Waals surface area contributed by atoms with Crippen molar-refractivity contribution in [3.8, 4) is 0 Å². The summed E-state index contributed by atoms with van der Waals surface area (Å²) in [5.74, 6) is -6.63. The second kappa shape index (κ2) is 6.40. The van der Waals surface area contributed by atoms with Gasteiger partial charge in [-0.05, 0) is 25.5 Å². The molecule has 1 amide bonds. The Morgan fingerprint density at radius 1 is 1.21 bits per heavy atom. The second-order valence-corrected chi connectivity index (χ2v) is 5.54. The summed E-state index contributed by atoms with van der Waals surface area (Å²) in [5, 5.41) is 2.45. The van der Waals surface area contributed by atoms with Gasteiger partial charge in [0.2, 0.25) is 0 Å². The fourth-order valence-corrected chi connectivity index (χ4v) is 2.89. The largest absolute Gasteiger partial charge is 0.406 e. The number of piperidine rings is 1. The van der Waals surface area contributed by atoms with Gasteiger partial charge in [0.15, 0.2) is 17.7 Å². The van der Waals surface area contributed by atoms with Crippen LogP contribution in [0.5, 0.6) is 0 Å². The van der Waals surface area contributed by atoms with Gasteiger partial charge in [0, 0.05) is 17.5 Å². The maximum atomic E-state index is 14.0. The molecule has 1 aromatic rings. The third kappa shape index (κ3) is 3.36. The number of hydrogen-bond acceptors (Lipinski definition) is 3. The quantitative estimate of drug-likeness (QED) is 0.474. The molecule has 0 aliphatic carbocycles. The Bertz CT molecular complexity index is 663. The average molecular weight is 354 g/mol. The second-order valence-electron chi connectivity index (χ2n) is 5.54. The van der Waals surface area contributed by atoms with Crippen molar-refractivity contribution >= 4 is 5.91 Å². The molecule has 1 aliphatic heterocycles. The number of nitrogens with zero attached hydrogens (tertiary/aromatic N) is 2. The molecule has 2 rings (SSSR count). The van der Waals surface area contributed by atoms with Crippen LogP contribution in [0.15, 0.2) is 17.3 Å². The molecule has 0 saturated carbocycles. The van der Waals surface area contributed by atoms with Crippen LogP contribution in [-0.2, 0) is 4.79 Å². The van der Waals surface area contributed by atoms with Crippen molar-refractivity contribution < 1.29 is 31.1 Å². The van der Waals surface area contributed by atoms with Crippen molar-refractivity contribution in [1.82, 2.24) is 4.90 Å². The summed E-state index contributed by atoms with van der Waals surface area (Å²) in [5.41, 5.74) is -0.796. The lowest BCUT2D eigenvalue weighted by Crippen LogP contribution is -2.55. The minimum Gasteiger partial charge on any atom is -0.328 e. The van der Waals surface area contributed by atoms with Crippen LogP contribution in [-0.4, -0.2) is 35.6 Å². The topological polar surface area (TPSA) is 49.7 Å².